The molecule has 0 saturated carbocycles. The number of nitrogens with one attached hydrogen (secondary N) is 1. The lowest BCUT2D eigenvalue weighted by Gasteiger charge is -2.22. The average molecular weight is 903 g/mol. The number of carbonyl (C=O) groups is 2. The van der Waals surface area contributed by atoms with Crippen molar-refractivity contribution in [2.75, 3.05) is 13.2 Å². The van der Waals surface area contributed by atoms with E-state index in [2.05, 4.69) is 43.5 Å². The van der Waals surface area contributed by atoms with Crippen molar-refractivity contribution in [1.29, 1.82) is 0 Å². The maximum absolute atomic E-state index is 12.5. The zero-order chi connectivity index (χ0) is 46.5. The summed E-state index contributed by atoms with van der Waals surface area (Å²) in [5.41, 5.74) is 0. The van der Waals surface area contributed by atoms with Crippen LogP contribution in [0, 0.1) is 0 Å². The van der Waals surface area contributed by atoms with Crippen molar-refractivity contribution < 1.29 is 24.5 Å². The zero-order valence-electron chi connectivity index (χ0n) is 43.0. The molecule has 6 heteroatoms. The van der Waals surface area contributed by atoms with Crippen LogP contribution >= 0.6 is 0 Å². The molecule has 0 saturated heterocycles. The molecular formula is C58H111NO5. The van der Waals surface area contributed by atoms with Gasteiger partial charge < -0.3 is 20.3 Å². The highest BCUT2D eigenvalue weighted by atomic mass is 16.5. The second-order valence-electron chi connectivity index (χ2n) is 19.6. The molecule has 0 aliphatic rings. The van der Waals surface area contributed by atoms with E-state index in [0.717, 1.165) is 57.8 Å². The van der Waals surface area contributed by atoms with Gasteiger partial charge in [0, 0.05) is 12.8 Å². The van der Waals surface area contributed by atoms with Crippen molar-refractivity contribution in [3.05, 3.63) is 24.3 Å². The third-order valence-corrected chi connectivity index (χ3v) is 13.3. The van der Waals surface area contributed by atoms with Crippen LogP contribution in [0.15, 0.2) is 24.3 Å². The Hall–Kier alpha value is -1.66. The minimum atomic E-state index is -0.669. The first kappa shape index (κ1) is 62.3. The number of allylic oxidation sites excluding steroid dienone is 4. The second kappa shape index (κ2) is 54.0. The predicted molar refractivity (Wildman–Crippen MR) is 278 cm³/mol. The quantitative estimate of drug-likeness (QED) is 0.0321. The number of hydrogen-bond acceptors (Lipinski definition) is 5. The molecule has 378 valence electrons. The first-order valence-electron chi connectivity index (χ1n) is 28.6. The maximum Gasteiger partial charge on any atom is 0.305 e. The van der Waals surface area contributed by atoms with Crippen LogP contribution in [0.5, 0.6) is 0 Å². The molecule has 0 bridgehead atoms. The summed E-state index contributed by atoms with van der Waals surface area (Å²) < 4.78 is 5.47. The molecular weight excluding hydrogens is 791 g/mol. The third-order valence-electron chi connectivity index (χ3n) is 13.3. The van der Waals surface area contributed by atoms with E-state index in [4.69, 9.17) is 4.74 Å². The zero-order valence-corrected chi connectivity index (χ0v) is 43.0. The molecule has 0 fully saturated rings. The summed E-state index contributed by atoms with van der Waals surface area (Å²) in [7, 11) is 0. The van der Waals surface area contributed by atoms with Crippen molar-refractivity contribution in [3.63, 3.8) is 0 Å². The summed E-state index contributed by atoms with van der Waals surface area (Å²) in [5, 5.41) is 23.3. The molecule has 3 N–H and O–H groups in total. The van der Waals surface area contributed by atoms with Crippen LogP contribution in [0.1, 0.15) is 309 Å². The number of unbranched alkanes of at least 4 members (excludes halogenated alkanes) is 38. The number of rotatable bonds is 53. The number of esters is 1. The van der Waals surface area contributed by atoms with Crippen LogP contribution in [-0.2, 0) is 14.3 Å². The van der Waals surface area contributed by atoms with Crippen LogP contribution in [0.4, 0.5) is 0 Å². The van der Waals surface area contributed by atoms with Crippen molar-refractivity contribution in [3.8, 4) is 0 Å². The number of aliphatic hydroxyl groups is 2. The van der Waals surface area contributed by atoms with Gasteiger partial charge in [0.05, 0.1) is 25.4 Å². The lowest BCUT2D eigenvalue weighted by Crippen LogP contribution is -2.45. The van der Waals surface area contributed by atoms with Gasteiger partial charge in [-0.3, -0.25) is 9.59 Å². The Morgan fingerprint density at radius 2 is 0.781 bits per heavy atom. The summed E-state index contributed by atoms with van der Waals surface area (Å²) in [4.78, 5) is 24.5. The first-order valence-corrected chi connectivity index (χ1v) is 28.6. The second-order valence-corrected chi connectivity index (χ2v) is 19.6. The van der Waals surface area contributed by atoms with E-state index in [9.17, 15) is 19.8 Å². The normalized spacial score (nSPS) is 12.8. The van der Waals surface area contributed by atoms with Gasteiger partial charge in [-0.15, -0.1) is 0 Å². The van der Waals surface area contributed by atoms with E-state index < -0.39 is 12.1 Å². The molecule has 0 aromatic heterocycles. The molecule has 0 heterocycles. The van der Waals surface area contributed by atoms with Gasteiger partial charge in [0.15, 0.2) is 0 Å². The summed E-state index contributed by atoms with van der Waals surface area (Å²) in [5.74, 6) is -0.0509. The highest BCUT2D eigenvalue weighted by Gasteiger charge is 2.20. The molecule has 0 aromatic rings. The van der Waals surface area contributed by atoms with Crippen LogP contribution in [0.25, 0.3) is 0 Å². The van der Waals surface area contributed by atoms with Gasteiger partial charge in [-0.1, -0.05) is 263 Å². The van der Waals surface area contributed by atoms with Gasteiger partial charge in [0.1, 0.15) is 0 Å². The van der Waals surface area contributed by atoms with E-state index >= 15 is 0 Å². The number of hydrogen-bond donors (Lipinski definition) is 3. The van der Waals surface area contributed by atoms with Crippen LogP contribution in [0.2, 0.25) is 0 Å². The number of carbonyl (C=O) groups excluding carboxylic acids is 2. The minimum absolute atomic E-state index is 0.00997. The Morgan fingerprint density at radius 1 is 0.438 bits per heavy atom. The third kappa shape index (κ3) is 49.8. The van der Waals surface area contributed by atoms with Crippen molar-refractivity contribution >= 4 is 11.9 Å². The van der Waals surface area contributed by atoms with E-state index in [-0.39, 0.29) is 18.5 Å². The fourth-order valence-corrected chi connectivity index (χ4v) is 8.85. The molecule has 2 unspecified atom stereocenters. The van der Waals surface area contributed by atoms with Crippen molar-refractivity contribution in [2.24, 2.45) is 0 Å². The largest absolute Gasteiger partial charge is 0.466 e. The summed E-state index contributed by atoms with van der Waals surface area (Å²) in [6.45, 7) is 4.93. The maximum atomic E-state index is 12.5. The Labute approximate surface area is 399 Å². The number of amides is 1. The lowest BCUT2D eigenvalue weighted by atomic mass is 10.0. The Kier molecular flexibility index (Phi) is 52.6. The fraction of sp³-hybridized carbons (Fsp3) is 0.897. The van der Waals surface area contributed by atoms with Gasteiger partial charge in [-0.2, -0.15) is 0 Å². The van der Waals surface area contributed by atoms with Gasteiger partial charge in [0.25, 0.3) is 0 Å². The highest BCUT2D eigenvalue weighted by molar-refractivity contribution is 5.76. The summed E-state index contributed by atoms with van der Waals surface area (Å²) in [6.07, 6.45) is 64.4. The summed E-state index contributed by atoms with van der Waals surface area (Å²) >= 11 is 0. The van der Waals surface area contributed by atoms with E-state index in [1.54, 1.807) is 0 Å². The van der Waals surface area contributed by atoms with E-state index in [1.165, 1.54) is 218 Å². The molecule has 0 aliphatic carbocycles. The van der Waals surface area contributed by atoms with Crippen LogP contribution in [0.3, 0.4) is 0 Å². The molecule has 6 nitrogen and oxygen atoms in total. The van der Waals surface area contributed by atoms with Gasteiger partial charge in [-0.25, -0.2) is 0 Å². The lowest BCUT2D eigenvalue weighted by molar-refractivity contribution is -0.143. The topological polar surface area (TPSA) is 95.9 Å². The molecule has 0 aliphatic heterocycles. The van der Waals surface area contributed by atoms with Crippen LogP contribution < -0.4 is 5.32 Å². The van der Waals surface area contributed by atoms with Gasteiger partial charge in [-0.05, 0) is 57.8 Å². The molecule has 0 rings (SSSR count). The number of ether oxygens (including phenoxy) is 1. The monoisotopic (exact) mass is 902 g/mol. The standard InChI is InChI=1S/C58H111NO5/c1-3-5-7-9-11-13-15-17-19-24-28-32-36-40-44-48-52-58(63)64-53-49-45-41-37-33-29-25-21-20-23-27-31-35-39-43-47-51-57(62)59-55(54-60)56(61)50-46-42-38-34-30-26-22-18-16-14-12-10-8-6-4-2/h13,15,19,24,55-56,60-61H,3-12,14,16-18,20-23,25-54H2,1-2H3,(H,59,62)/b15-13-,24-19-. The SMILES string of the molecule is CCCCCC/C=C\C/C=C\CCCCCCCC(=O)OCCCCCCCCCCCCCCCCCCC(=O)NC(CO)C(O)CCCCCCCCCCCCCCCCC. The predicted octanol–water partition coefficient (Wildman–Crippen LogP) is 17.5. The summed E-state index contributed by atoms with van der Waals surface area (Å²) in [6, 6.07) is -0.547. The van der Waals surface area contributed by atoms with Crippen LogP contribution in [-0.4, -0.2) is 47.4 Å². The smallest absolute Gasteiger partial charge is 0.305 e. The van der Waals surface area contributed by atoms with Gasteiger partial charge in [0.2, 0.25) is 5.91 Å². The molecule has 0 radical (unpaired) electrons. The van der Waals surface area contributed by atoms with E-state index in [0.29, 0.717) is 25.9 Å². The average Bonchev–Trinajstić information content (AvgIpc) is 3.29. The van der Waals surface area contributed by atoms with Gasteiger partial charge >= 0.3 is 5.97 Å². The molecule has 64 heavy (non-hydrogen) atoms. The highest BCUT2D eigenvalue weighted by Crippen LogP contribution is 2.17. The Balaban J connectivity index is 3.43. The Bertz CT molecular complexity index is 997. The Morgan fingerprint density at radius 3 is 1.20 bits per heavy atom. The van der Waals surface area contributed by atoms with Crippen molar-refractivity contribution in [2.45, 2.75) is 321 Å². The molecule has 2 atom stereocenters. The number of aliphatic hydroxyl groups excluding tert-OH is 2. The van der Waals surface area contributed by atoms with E-state index in [1.807, 2.05) is 0 Å². The molecule has 0 spiro atoms. The first-order chi connectivity index (χ1) is 31.5. The fourth-order valence-electron chi connectivity index (χ4n) is 8.85. The molecule has 1 amide bonds. The minimum Gasteiger partial charge on any atom is -0.466 e. The molecule has 0 aromatic carbocycles. The van der Waals surface area contributed by atoms with Crippen molar-refractivity contribution in [1.82, 2.24) is 5.32 Å².